The third kappa shape index (κ3) is 2.59. The van der Waals surface area contributed by atoms with E-state index in [-0.39, 0.29) is 5.78 Å². The zero-order valence-electron chi connectivity index (χ0n) is 8.91. The molecular formula is C11H10BrNOS2. The summed E-state index contributed by atoms with van der Waals surface area (Å²) in [5.41, 5.74) is 1.03. The Bertz CT molecular complexity index is 510. The molecule has 0 aromatic carbocycles. The van der Waals surface area contributed by atoms with Gasteiger partial charge in [0.2, 0.25) is 0 Å². The van der Waals surface area contributed by atoms with Crippen molar-refractivity contribution in [2.24, 2.45) is 0 Å². The van der Waals surface area contributed by atoms with E-state index in [1.807, 2.05) is 26.0 Å². The van der Waals surface area contributed by atoms with Gasteiger partial charge in [0.05, 0.1) is 20.8 Å². The highest BCUT2D eigenvalue weighted by molar-refractivity contribution is 9.11. The van der Waals surface area contributed by atoms with E-state index in [0.29, 0.717) is 6.42 Å². The fourth-order valence-corrected chi connectivity index (χ4v) is 3.56. The Morgan fingerprint density at radius 3 is 2.62 bits per heavy atom. The van der Waals surface area contributed by atoms with Crippen LogP contribution in [-0.4, -0.2) is 10.8 Å². The van der Waals surface area contributed by atoms with Gasteiger partial charge in [-0.3, -0.25) is 4.79 Å². The molecule has 2 aromatic heterocycles. The number of hydrogen-bond donors (Lipinski definition) is 0. The molecule has 0 aliphatic heterocycles. The molecular weight excluding hydrogens is 306 g/mol. The molecule has 5 heteroatoms. The van der Waals surface area contributed by atoms with Crippen molar-refractivity contribution >= 4 is 44.4 Å². The van der Waals surface area contributed by atoms with Gasteiger partial charge in [0.15, 0.2) is 5.78 Å². The van der Waals surface area contributed by atoms with Crippen molar-refractivity contribution < 1.29 is 4.79 Å². The van der Waals surface area contributed by atoms with Crippen LogP contribution in [0.25, 0.3) is 0 Å². The number of thiazole rings is 1. The standard InChI is InChI=1S/C11H10BrNOS2/c1-6-7(2)15-11(13-6)5-8(14)9-3-4-10(12)16-9/h3-4H,5H2,1-2H3. The van der Waals surface area contributed by atoms with E-state index >= 15 is 0 Å². The quantitative estimate of drug-likeness (QED) is 0.801. The first-order chi connectivity index (χ1) is 7.56. The summed E-state index contributed by atoms with van der Waals surface area (Å²) in [5.74, 6) is 0.143. The summed E-state index contributed by atoms with van der Waals surface area (Å²) in [6.45, 7) is 4.00. The van der Waals surface area contributed by atoms with Crippen LogP contribution < -0.4 is 0 Å². The van der Waals surface area contributed by atoms with Gasteiger partial charge in [0, 0.05) is 4.88 Å². The fourth-order valence-electron chi connectivity index (χ4n) is 1.30. The number of Topliss-reactive ketones (excluding diaryl/α,β-unsaturated/α-hetero) is 1. The largest absolute Gasteiger partial charge is 0.293 e. The number of rotatable bonds is 3. The smallest absolute Gasteiger partial charge is 0.179 e. The summed E-state index contributed by atoms with van der Waals surface area (Å²) in [7, 11) is 0. The molecule has 0 saturated heterocycles. The summed E-state index contributed by atoms with van der Waals surface area (Å²) < 4.78 is 0.988. The molecule has 0 radical (unpaired) electrons. The predicted molar refractivity (Wildman–Crippen MR) is 71.6 cm³/mol. The zero-order valence-corrected chi connectivity index (χ0v) is 12.1. The second kappa shape index (κ2) is 4.77. The Morgan fingerprint density at radius 2 is 2.12 bits per heavy atom. The van der Waals surface area contributed by atoms with E-state index in [1.54, 1.807) is 11.3 Å². The normalized spacial score (nSPS) is 10.7. The van der Waals surface area contributed by atoms with Crippen molar-refractivity contribution in [2.75, 3.05) is 0 Å². The van der Waals surface area contributed by atoms with Gasteiger partial charge in [-0.2, -0.15) is 0 Å². The first-order valence-corrected chi connectivity index (χ1v) is 7.20. The lowest BCUT2D eigenvalue weighted by Crippen LogP contribution is -2.00. The van der Waals surface area contributed by atoms with Crippen LogP contribution in [0.5, 0.6) is 0 Å². The first-order valence-electron chi connectivity index (χ1n) is 4.77. The Morgan fingerprint density at radius 1 is 1.38 bits per heavy atom. The average Bonchev–Trinajstić information content (AvgIpc) is 2.75. The molecule has 0 aliphatic rings. The van der Waals surface area contributed by atoms with Crippen LogP contribution in [0.15, 0.2) is 15.9 Å². The molecule has 84 valence electrons. The van der Waals surface area contributed by atoms with Crippen molar-refractivity contribution in [3.8, 4) is 0 Å². The van der Waals surface area contributed by atoms with Crippen LogP contribution in [0.1, 0.15) is 25.3 Å². The monoisotopic (exact) mass is 315 g/mol. The zero-order chi connectivity index (χ0) is 11.7. The van der Waals surface area contributed by atoms with Crippen LogP contribution in [0.2, 0.25) is 0 Å². The number of aromatic nitrogens is 1. The predicted octanol–water partition coefficient (Wildman–Crippen LogP) is 4.01. The van der Waals surface area contributed by atoms with Crippen molar-refractivity contribution in [3.63, 3.8) is 0 Å². The summed E-state index contributed by atoms with van der Waals surface area (Å²) in [4.78, 5) is 18.3. The summed E-state index contributed by atoms with van der Waals surface area (Å²) in [5, 5.41) is 0.907. The van der Waals surface area contributed by atoms with Gasteiger partial charge in [0.1, 0.15) is 5.01 Å². The molecule has 0 spiro atoms. The molecule has 2 heterocycles. The molecule has 2 nitrogen and oxygen atoms in total. The minimum atomic E-state index is 0.143. The number of carbonyl (C=O) groups is 1. The number of halogens is 1. The van der Waals surface area contributed by atoms with E-state index in [0.717, 1.165) is 19.4 Å². The van der Waals surface area contributed by atoms with E-state index in [4.69, 9.17) is 0 Å². The van der Waals surface area contributed by atoms with Crippen LogP contribution >= 0.6 is 38.6 Å². The molecule has 0 N–H and O–H groups in total. The van der Waals surface area contributed by atoms with Crippen molar-refractivity contribution in [2.45, 2.75) is 20.3 Å². The van der Waals surface area contributed by atoms with Crippen LogP contribution in [0.3, 0.4) is 0 Å². The van der Waals surface area contributed by atoms with E-state index in [2.05, 4.69) is 20.9 Å². The molecule has 0 saturated carbocycles. The fraction of sp³-hybridized carbons (Fsp3) is 0.273. The minimum Gasteiger partial charge on any atom is -0.293 e. The second-order valence-corrected chi connectivity index (χ2v) is 7.20. The lowest BCUT2D eigenvalue weighted by Gasteiger charge is -1.92. The highest BCUT2D eigenvalue weighted by Crippen LogP contribution is 2.24. The summed E-state index contributed by atoms with van der Waals surface area (Å²) in [6.07, 6.45) is 0.409. The van der Waals surface area contributed by atoms with Crippen LogP contribution in [-0.2, 0) is 6.42 Å². The van der Waals surface area contributed by atoms with Crippen molar-refractivity contribution in [1.29, 1.82) is 0 Å². The number of carbonyl (C=O) groups excluding carboxylic acids is 1. The van der Waals surface area contributed by atoms with Gasteiger partial charge in [-0.15, -0.1) is 22.7 Å². The highest BCUT2D eigenvalue weighted by atomic mass is 79.9. The maximum atomic E-state index is 11.9. The third-order valence-corrected chi connectivity index (χ3v) is 4.97. The van der Waals surface area contributed by atoms with Crippen molar-refractivity contribution in [3.05, 3.63) is 36.4 Å². The lowest BCUT2D eigenvalue weighted by molar-refractivity contribution is 0.0997. The van der Waals surface area contributed by atoms with Gasteiger partial charge in [0.25, 0.3) is 0 Å². The molecule has 0 aliphatic carbocycles. The van der Waals surface area contributed by atoms with E-state index in [1.165, 1.54) is 16.2 Å². The lowest BCUT2D eigenvalue weighted by atomic mass is 10.2. The first kappa shape index (κ1) is 12.0. The molecule has 0 atom stereocenters. The molecule has 0 amide bonds. The Labute approximate surface area is 110 Å². The number of ketones is 1. The van der Waals surface area contributed by atoms with Gasteiger partial charge in [-0.25, -0.2) is 4.98 Å². The Kier molecular flexibility index (Phi) is 3.56. The highest BCUT2D eigenvalue weighted by Gasteiger charge is 2.12. The number of aryl methyl sites for hydroxylation is 2. The maximum absolute atomic E-state index is 11.9. The molecule has 0 fully saturated rings. The van der Waals surface area contributed by atoms with Gasteiger partial charge >= 0.3 is 0 Å². The number of nitrogens with zero attached hydrogens (tertiary/aromatic N) is 1. The van der Waals surface area contributed by atoms with E-state index in [9.17, 15) is 4.79 Å². The third-order valence-electron chi connectivity index (χ3n) is 2.23. The average molecular weight is 316 g/mol. The summed E-state index contributed by atoms with van der Waals surface area (Å²) in [6, 6.07) is 3.75. The SMILES string of the molecule is Cc1nc(CC(=O)c2ccc(Br)s2)sc1C. The minimum absolute atomic E-state index is 0.143. The molecule has 2 rings (SSSR count). The Balaban J connectivity index is 2.13. The Hall–Kier alpha value is -0.520. The van der Waals surface area contributed by atoms with E-state index < -0.39 is 0 Å². The topological polar surface area (TPSA) is 30.0 Å². The molecule has 16 heavy (non-hydrogen) atoms. The van der Waals surface area contributed by atoms with Gasteiger partial charge in [-0.05, 0) is 41.9 Å². The van der Waals surface area contributed by atoms with Gasteiger partial charge in [-0.1, -0.05) is 0 Å². The van der Waals surface area contributed by atoms with Crippen LogP contribution in [0, 0.1) is 13.8 Å². The maximum Gasteiger partial charge on any atom is 0.179 e. The second-order valence-electron chi connectivity index (χ2n) is 3.45. The molecule has 0 unspecified atom stereocenters. The van der Waals surface area contributed by atoms with Gasteiger partial charge < -0.3 is 0 Å². The van der Waals surface area contributed by atoms with Crippen LogP contribution in [0.4, 0.5) is 0 Å². The number of thiophene rings is 1. The number of hydrogen-bond acceptors (Lipinski definition) is 4. The summed E-state index contributed by atoms with van der Waals surface area (Å²) >= 11 is 6.43. The molecule has 0 bridgehead atoms. The molecule has 2 aromatic rings. The van der Waals surface area contributed by atoms with Crippen molar-refractivity contribution in [1.82, 2.24) is 4.98 Å².